The van der Waals surface area contributed by atoms with Crippen molar-refractivity contribution in [2.45, 2.75) is 37.8 Å². The average molecular weight is 383 g/mol. The molecule has 0 saturated heterocycles. The quantitative estimate of drug-likeness (QED) is 0.774. The van der Waals surface area contributed by atoms with Crippen molar-refractivity contribution >= 4 is 16.0 Å². The highest BCUT2D eigenvalue weighted by molar-refractivity contribution is 7.89. The lowest BCUT2D eigenvalue weighted by Crippen LogP contribution is -2.30. The van der Waals surface area contributed by atoms with Crippen LogP contribution < -0.4 is 4.72 Å². The van der Waals surface area contributed by atoms with E-state index in [-0.39, 0.29) is 22.1 Å². The van der Waals surface area contributed by atoms with E-state index in [0.717, 1.165) is 6.07 Å². The lowest BCUT2D eigenvalue weighted by molar-refractivity contribution is 0.0331. The van der Waals surface area contributed by atoms with E-state index >= 15 is 0 Å². The van der Waals surface area contributed by atoms with E-state index in [1.807, 2.05) is 0 Å². The minimum absolute atomic E-state index is 0.00556. The highest BCUT2D eigenvalue weighted by Crippen LogP contribution is 2.23. The Balaban J connectivity index is 2.21. The SMILES string of the molecule is CC(C)NS(=O)(=O)c1cccc(C(=O)OC(C)c2ccc(F)cc2F)c1. The smallest absolute Gasteiger partial charge is 0.338 e. The van der Waals surface area contributed by atoms with Gasteiger partial charge in [0, 0.05) is 17.7 Å². The van der Waals surface area contributed by atoms with Gasteiger partial charge < -0.3 is 4.74 Å². The Morgan fingerprint density at radius 2 is 1.77 bits per heavy atom. The van der Waals surface area contributed by atoms with E-state index in [0.29, 0.717) is 6.07 Å². The van der Waals surface area contributed by atoms with Gasteiger partial charge in [0.05, 0.1) is 10.5 Å². The van der Waals surface area contributed by atoms with Gasteiger partial charge in [0.25, 0.3) is 0 Å². The van der Waals surface area contributed by atoms with Gasteiger partial charge in [-0.25, -0.2) is 26.7 Å². The summed E-state index contributed by atoms with van der Waals surface area (Å²) in [5.41, 5.74) is 0.0241. The predicted octanol–water partition coefficient (Wildman–Crippen LogP) is 3.57. The van der Waals surface area contributed by atoms with E-state index < -0.39 is 33.7 Å². The summed E-state index contributed by atoms with van der Waals surface area (Å²) in [6, 6.07) is 7.98. The Labute approximate surface area is 151 Å². The summed E-state index contributed by atoms with van der Waals surface area (Å²) >= 11 is 0. The monoisotopic (exact) mass is 383 g/mol. The van der Waals surface area contributed by atoms with Crippen molar-refractivity contribution < 1.29 is 26.7 Å². The molecule has 0 spiro atoms. The van der Waals surface area contributed by atoms with Crippen LogP contribution in [-0.2, 0) is 14.8 Å². The standard InChI is InChI=1S/C18H19F2NO4S/c1-11(2)21-26(23,24)15-6-4-5-13(9-15)18(22)25-12(3)16-8-7-14(19)10-17(16)20/h4-12,21H,1-3H3. The summed E-state index contributed by atoms with van der Waals surface area (Å²) < 4.78 is 58.7. The van der Waals surface area contributed by atoms with E-state index in [1.165, 1.54) is 37.3 Å². The van der Waals surface area contributed by atoms with Crippen LogP contribution in [-0.4, -0.2) is 20.4 Å². The van der Waals surface area contributed by atoms with Crippen molar-refractivity contribution in [3.8, 4) is 0 Å². The molecule has 0 bridgehead atoms. The first-order valence-electron chi connectivity index (χ1n) is 7.88. The number of hydrogen-bond donors (Lipinski definition) is 1. The Bertz CT molecular complexity index is 913. The zero-order chi connectivity index (χ0) is 19.5. The molecular formula is C18H19F2NO4S. The molecule has 2 aromatic carbocycles. The number of carbonyl (C=O) groups excluding carboxylic acids is 1. The molecule has 26 heavy (non-hydrogen) atoms. The second-order valence-electron chi connectivity index (χ2n) is 6.02. The van der Waals surface area contributed by atoms with Crippen molar-refractivity contribution in [3.05, 3.63) is 65.2 Å². The Morgan fingerprint density at radius 1 is 1.08 bits per heavy atom. The van der Waals surface area contributed by atoms with Crippen LogP contribution in [0.5, 0.6) is 0 Å². The number of rotatable bonds is 6. The fraction of sp³-hybridized carbons (Fsp3) is 0.278. The number of benzene rings is 2. The molecular weight excluding hydrogens is 364 g/mol. The zero-order valence-electron chi connectivity index (χ0n) is 14.5. The van der Waals surface area contributed by atoms with Crippen molar-refractivity contribution in [1.82, 2.24) is 4.72 Å². The normalized spacial score (nSPS) is 12.8. The third-order valence-corrected chi connectivity index (χ3v) is 5.11. The van der Waals surface area contributed by atoms with Gasteiger partial charge in [-0.3, -0.25) is 0 Å². The van der Waals surface area contributed by atoms with Gasteiger partial charge in [0.2, 0.25) is 10.0 Å². The van der Waals surface area contributed by atoms with Gasteiger partial charge in [0.15, 0.2) is 0 Å². The molecule has 0 amide bonds. The van der Waals surface area contributed by atoms with Crippen LogP contribution in [0.2, 0.25) is 0 Å². The van der Waals surface area contributed by atoms with Gasteiger partial charge in [0.1, 0.15) is 17.7 Å². The second kappa shape index (κ2) is 7.92. The van der Waals surface area contributed by atoms with Gasteiger partial charge in [-0.15, -0.1) is 0 Å². The molecule has 5 nitrogen and oxygen atoms in total. The number of sulfonamides is 1. The highest BCUT2D eigenvalue weighted by Gasteiger charge is 2.20. The van der Waals surface area contributed by atoms with Gasteiger partial charge in [-0.2, -0.15) is 0 Å². The molecule has 1 atom stereocenters. The number of nitrogens with one attached hydrogen (secondary N) is 1. The van der Waals surface area contributed by atoms with Crippen LogP contribution in [0.3, 0.4) is 0 Å². The summed E-state index contributed by atoms with van der Waals surface area (Å²) in [4.78, 5) is 12.2. The summed E-state index contributed by atoms with van der Waals surface area (Å²) in [5.74, 6) is -2.38. The topological polar surface area (TPSA) is 72.5 Å². The van der Waals surface area contributed by atoms with Crippen molar-refractivity contribution in [2.75, 3.05) is 0 Å². The lowest BCUT2D eigenvalue weighted by atomic mass is 10.1. The third-order valence-electron chi connectivity index (χ3n) is 3.46. The van der Waals surface area contributed by atoms with Crippen LogP contribution in [0.1, 0.15) is 42.8 Å². The summed E-state index contributed by atoms with van der Waals surface area (Å²) in [6.45, 7) is 4.79. The number of esters is 1. The van der Waals surface area contributed by atoms with Crippen LogP contribution in [0, 0.1) is 11.6 Å². The summed E-state index contributed by atoms with van der Waals surface area (Å²) in [5, 5.41) is 0. The maximum atomic E-state index is 13.8. The van der Waals surface area contributed by atoms with Crippen LogP contribution in [0.15, 0.2) is 47.4 Å². The number of hydrogen-bond acceptors (Lipinski definition) is 4. The van der Waals surface area contributed by atoms with Gasteiger partial charge in [-0.05, 0) is 51.1 Å². The maximum Gasteiger partial charge on any atom is 0.338 e. The van der Waals surface area contributed by atoms with Crippen LogP contribution in [0.4, 0.5) is 8.78 Å². The number of halogens is 2. The van der Waals surface area contributed by atoms with Crippen molar-refractivity contribution in [1.29, 1.82) is 0 Å². The van der Waals surface area contributed by atoms with Crippen LogP contribution >= 0.6 is 0 Å². The van der Waals surface area contributed by atoms with Gasteiger partial charge in [-0.1, -0.05) is 6.07 Å². The third kappa shape index (κ3) is 4.86. The van der Waals surface area contributed by atoms with Crippen molar-refractivity contribution in [3.63, 3.8) is 0 Å². The zero-order valence-corrected chi connectivity index (χ0v) is 15.3. The fourth-order valence-corrected chi connectivity index (χ4v) is 3.59. The molecule has 1 unspecified atom stereocenters. The molecule has 140 valence electrons. The molecule has 0 fully saturated rings. The van der Waals surface area contributed by atoms with E-state index in [2.05, 4.69) is 4.72 Å². The maximum absolute atomic E-state index is 13.8. The molecule has 0 aliphatic heterocycles. The predicted molar refractivity (Wildman–Crippen MR) is 92.1 cm³/mol. The van der Waals surface area contributed by atoms with E-state index in [9.17, 15) is 22.0 Å². The molecule has 0 aliphatic carbocycles. The highest BCUT2D eigenvalue weighted by atomic mass is 32.2. The first-order chi connectivity index (χ1) is 12.1. The van der Waals surface area contributed by atoms with E-state index in [1.54, 1.807) is 13.8 Å². The van der Waals surface area contributed by atoms with E-state index in [4.69, 9.17) is 4.74 Å². The molecule has 0 aromatic heterocycles. The van der Waals surface area contributed by atoms with Crippen LogP contribution in [0.25, 0.3) is 0 Å². The summed E-state index contributed by atoms with van der Waals surface area (Å²) in [6.07, 6.45) is -0.975. The molecule has 1 N–H and O–H groups in total. The first-order valence-corrected chi connectivity index (χ1v) is 9.37. The molecule has 0 saturated carbocycles. The number of ether oxygens (including phenoxy) is 1. The second-order valence-corrected chi connectivity index (χ2v) is 7.73. The first kappa shape index (κ1) is 20.0. The lowest BCUT2D eigenvalue weighted by Gasteiger charge is -2.15. The molecule has 0 radical (unpaired) electrons. The molecule has 0 aliphatic rings. The van der Waals surface area contributed by atoms with Gasteiger partial charge >= 0.3 is 5.97 Å². The molecule has 8 heteroatoms. The molecule has 2 rings (SSSR count). The Morgan fingerprint density at radius 3 is 2.38 bits per heavy atom. The Hall–Kier alpha value is -2.32. The van der Waals surface area contributed by atoms with Crippen molar-refractivity contribution in [2.24, 2.45) is 0 Å². The minimum Gasteiger partial charge on any atom is -0.454 e. The average Bonchev–Trinajstić information content (AvgIpc) is 2.53. The Kier molecular flexibility index (Phi) is 6.09. The number of carbonyl (C=O) groups is 1. The summed E-state index contributed by atoms with van der Waals surface area (Å²) in [7, 11) is -3.77. The minimum atomic E-state index is -3.77. The molecule has 2 aromatic rings. The fourth-order valence-electron chi connectivity index (χ4n) is 2.29. The molecule has 0 heterocycles. The largest absolute Gasteiger partial charge is 0.454 e.